The molecule has 0 atom stereocenters. The molecule has 2 aromatic carbocycles. The molecule has 1 heterocycles. The lowest BCUT2D eigenvalue weighted by atomic mass is 10.1. The van der Waals surface area contributed by atoms with E-state index in [4.69, 9.17) is 9.52 Å². The molecule has 3 heteroatoms. The summed E-state index contributed by atoms with van der Waals surface area (Å²) in [7, 11) is 0. The minimum atomic E-state index is -0.471. The van der Waals surface area contributed by atoms with Crippen molar-refractivity contribution in [3.63, 3.8) is 0 Å². The van der Waals surface area contributed by atoms with E-state index in [1.807, 2.05) is 24.3 Å². The molecule has 0 bridgehead atoms. The Balaban J connectivity index is 2.33. The summed E-state index contributed by atoms with van der Waals surface area (Å²) in [4.78, 5) is 11.4. The zero-order valence-electron chi connectivity index (χ0n) is 9.01. The number of aliphatic hydroxyl groups excluding tert-OH is 1. The maximum atomic E-state index is 11.4. The standard InChI is InChI=1S/C14H10O3/c15-8-12(16)9-5-6-14-11(7-9)10-3-1-2-4-13(10)17-14/h1-7,15H,8H2. The number of rotatable bonds is 2. The van der Waals surface area contributed by atoms with Crippen molar-refractivity contribution < 1.29 is 14.3 Å². The number of hydrogen-bond donors (Lipinski definition) is 1. The van der Waals surface area contributed by atoms with Crippen LogP contribution in [0.25, 0.3) is 21.9 Å². The Kier molecular flexibility index (Phi) is 2.20. The molecule has 1 N–H and O–H groups in total. The van der Waals surface area contributed by atoms with Crippen LogP contribution in [-0.2, 0) is 0 Å². The highest BCUT2D eigenvalue weighted by atomic mass is 16.3. The summed E-state index contributed by atoms with van der Waals surface area (Å²) in [6.45, 7) is -0.471. The van der Waals surface area contributed by atoms with E-state index >= 15 is 0 Å². The molecule has 3 nitrogen and oxygen atoms in total. The van der Waals surface area contributed by atoms with Crippen LogP contribution in [0.15, 0.2) is 46.9 Å². The molecule has 84 valence electrons. The van der Waals surface area contributed by atoms with E-state index in [9.17, 15) is 4.79 Å². The number of Topliss-reactive ketones (excluding diaryl/α,β-unsaturated/α-hetero) is 1. The Morgan fingerprint density at radius 2 is 1.82 bits per heavy atom. The van der Waals surface area contributed by atoms with Crippen molar-refractivity contribution in [2.24, 2.45) is 0 Å². The summed E-state index contributed by atoms with van der Waals surface area (Å²) in [6, 6.07) is 12.9. The van der Waals surface area contributed by atoms with Crippen LogP contribution in [0.2, 0.25) is 0 Å². The average molecular weight is 226 g/mol. The second-order valence-corrected chi connectivity index (χ2v) is 3.89. The summed E-state index contributed by atoms with van der Waals surface area (Å²) in [6.07, 6.45) is 0. The third kappa shape index (κ3) is 1.52. The number of carbonyl (C=O) groups excluding carboxylic acids is 1. The molecule has 17 heavy (non-hydrogen) atoms. The number of carbonyl (C=O) groups is 1. The molecule has 0 spiro atoms. The van der Waals surface area contributed by atoms with Gasteiger partial charge in [0.25, 0.3) is 0 Å². The number of para-hydroxylation sites is 1. The topological polar surface area (TPSA) is 50.4 Å². The van der Waals surface area contributed by atoms with Crippen LogP contribution >= 0.6 is 0 Å². The molecule has 0 unspecified atom stereocenters. The van der Waals surface area contributed by atoms with Crippen molar-refractivity contribution in [3.8, 4) is 0 Å². The third-order valence-electron chi connectivity index (χ3n) is 2.84. The normalized spacial score (nSPS) is 11.1. The predicted molar refractivity (Wildman–Crippen MR) is 65.1 cm³/mol. The van der Waals surface area contributed by atoms with E-state index in [0.29, 0.717) is 5.56 Å². The monoisotopic (exact) mass is 226 g/mol. The van der Waals surface area contributed by atoms with Crippen molar-refractivity contribution in [3.05, 3.63) is 48.0 Å². The van der Waals surface area contributed by atoms with Crippen LogP contribution in [-0.4, -0.2) is 17.5 Å². The first-order valence-corrected chi connectivity index (χ1v) is 5.35. The van der Waals surface area contributed by atoms with Crippen LogP contribution in [0.1, 0.15) is 10.4 Å². The fourth-order valence-corrected chi connectivity index (χ4v) is 1.99. The second-order valence-electron chi connectivity index (χ2n) is 3.89. The van der Waals surface area contributed by atoms with Gasteiger partial charge in [0, 0.05) is 16.3 Å². The van der Waals surface area contributed by atoms with Gasteiger partial charge in [-0.25, -0.2) is 0 Å². The Labute approximate surface area is 97.3 Å². The van der Waals surface area contributed by atoms with Crippen LogP contribution < -0.4 is 0 Å². The first kappa shape index (κ1) is 10.1. The lowest BCUT2D eigenvalue weighted by Gasteiger charge is -1.96. The molecule has 0 aliphatic rings. The van der Waals surface area contributed by atoms with E-state index in [0.717, 1.165) is 21.9 Å². The first-order valence-electron chi connectivity index (χ1n) is 5.35. The van der Waals surface area contributed by atoms with E-state index in [1.165, 1.54) is 0 Å². The highest BCUT2D eigenvalue weighted by molar-refractivity contribution is 6.08. The van der Waals surface area contributed by atoms with E-state index in [2.05, 4.69) is 0 Å². The van der Waals surface area contributed by atoms with Gasteiger partial charge in [0.05, 0.1) is 0 Å². The van der Waals surface area contributed by atoms with Gasteiger partial charge in [-0.05, 0) is 24.3 Å². The van der Waals surface area contributed by atoms with Crippen molar-refractivity contribution in [1.82, 2.24) is 0 Å². The van der Waals surface area contributed by atoms with Gasteiger partial charge in [-0.15, -0.1) is 0 Å². The smallest absolute Gasteiger partial charge is 0.188 e. The first-order chi connectivity index (χ1) is 8.29. The maximum absolute atomic E-state index is 11.4. The van der Waals surface area contributed by atoms with Crippen molar-refractivity contribution in [1.29, 1.82) is 0 Å². The summed E-state index contributed by atoms with van der Waals surface area (Å²) in [5, 5.41) is 10.7. The summed E-state index contributed by atoms with van der Waals surface area (Å²) < 4.78 is 5.65. The van der Waals surface area contributed by atoms with Crippen LogP contribution in [0, 0.1) is 0 Å². The van der Waals surface area contributed by atoms with Crippen LogP contribution in [0.4, 0.5) is 0 Å². The molecule has 1 aromatic heterocycles. The number of furan rings is 1. The van der Waals surface area contributed by atoms with Gasteiger partial charge in [0.1, 0.15) is 17.8 Å². The molecular formula is C14H10O3. The predicted octanol–water partition coefficient (Wildman–Crippen LogP) is 2.76. The quantitative estimate of drug-likeness (QED) is 0.683. The van der Waals surface area contributed by atoms with Gasteiger partial charge in [-0.1, -0.05) is 18.2 Å². The maximum Gasteiger partial charge on any atom is 0.188 e. The van der Waals surface area contributed by atoms with E-state index in [-0.39, 0.29) is 5.78 Å². The molecule has 0 fully saturated rings. The zero-order valence-corrected chi connectivity index (χ0v) is 9.01. The Morgan fingerprint density at radius 3 is 2.65 bits per heavy atom. The van der Waals surface area contributed by atoms with Gasteiger partial charge < -0.3 is 9.52 Å². The van der Waals surface area contributed by atoms with Gasteiger partial charge in [-0.2, -0.15) is 0 Å². The number of ketones is 1. The highest BCUT2D eigenvalue weighted by Gasteiger charge is 2.09. The lowest BCUT2D eigenvalue weighted by Crippen LogP contribution is -2.03. The van der Waals surface area contributed by atoms with Gasteiger partial charge >= 0.3 is 0 Å². The molecule has 0 aliphatic heterocycles. The molecule has 0 amide bonds. The summed E-state index contributed by atoms with van der Waals surface area (Å²) in [5.41, 5.74) is 2.06. The summed E-state index contributed by atoms with van der Waals surface area (Å²) in [5.74, 6) is -0.280. The molecule has 0 saturated heterocycles. The minimum Gasteiger partial charge on any atom is -0.456 e. The van der Waals surface area contributed by atoms with Gasteiger partial charge in [0.2, 0.25) is 0 Å². The second kappa shape index (κ2) is 3.71. The van der Waals surface area contributed by atoms with Crippen molar-refractivity contribution in [2.75, 3.05) is 6.61 Å². The Bertz CT molecular complexity index is 710. The van der Waals surface area contributed by atoms with Gasteiger partial charge in [-0.3, -0.25) is 4.79 Å². The SMILES string of the molecule is O=C(CO)c1ccc2oc3ccccc3c2c1. The Hall–Kier alpha value is -2.13. The van der Waals surface area contributed by atoms with Crippen LogP contribution in [0.3, 0.4) is 0 Å². The highest BCUT2D eigenvalue weighted by Crippen LogP contribution is 2.29. The zero-order chi connectivity index (χ0) is 11.8. The fraction of sp³-hybridized carbons (Fsp3) is 0.0714. The average Bonchev–Trinajstić information content (AvgIpc) is 2.75. The van der Waals surface area contributed by atoms with E-state index < -0.39 is 6.61 Å². The molecule has 0 radical (unpaired) electrons. The largest absolute Gasteiger partial charge is 0.456 e. The van der Waals surface area contributed by atoms with E-state index in [1.54, 1.807) is 18.2 Å². The number of fused-ring (bicyclic) bond motifs is 3. The Morgan fingerprint density at radius 1 is 1.06 bits per heavy atom. The van der Waals surface area contributed by atoms with Crippen LogP contribution in [0.5, 0.6) is 0 Å². The lowest BCUT2D eigenvalue weighted by molar-refractivity contribution is 0.0904. The number of benzene rings is 2. The van der Waals surface area contributed by atoms with Crippen molar-refractivity contribution in [2.45, 2.75) is 0 Å². The molecule has 3 aromatic rings. The molecule has 0 saturated carbocycles. The third-order valence-corrected chi connectivity index (χ3v) is 2.84. The number of hydrogen-bond acceptors (Lipinski definition) is 3. The minimum absolute atomic E-state index is 0.280. The molecule has 0 aliphatic carbocycles. The molecule has 3 rings (SSSR count). The summed E-state index contributed by atoms with van der Waals surface area (Å²) >= 11 is 0. The number of aliphatic hydroxyl groups is 1. The van der Waals surface area contributed by atoms with Crippen molar-refractivity contribution >= 4 is 27.7 Å². The fourth-order valence-electron chi connectivity index (χ4n) is 1.99. The van der Waals surface area contributed by atoms with Gasteiger partial charge in [0.15, 0.2) is 5.78 Å². The molecular weight excluding hydrogens is 216 g/mol.